The second-order valence-electron chi connectivity index (χ2n) is 4.53. The summed E-state index contributed by atoms with van der Waals surface area (Å²) in [5.41, 5.74) is 7.25. The first kappa shape index (κ1) is 9.73. The van der Waals surface area contributed by atoms with E-state index in [1.165, 1.54) is 30.1 Å². The summed E-state index contributed by atoms with van der Waals surface area (Å²) in [5.74, 6) is 2.50. The Morgan fingerprint density at radius 2 is 2.40 bits per heavy atom. The smallest absolute Gasteiger partial charge is 0.110 e. The minimum absolute atomic E-state index is 0.323. The van der Waals surface area contributed by atoms with Gasteiger partial charge in [0.2, 0.25) is 0 Å². The van der Waals surface area contributed by atoms with Crippen LogP contribution in [-0.2, 0) is 13.0 Å². The molecule has 2 aliphatic heterocycles. The highest BCUT2D eigenvalue weighted by molar-refractivity contribution is 7.99. The Kier molecular flexibility index (Phi) is 2.48. The van der Waals surface area contributed by atoms with Crippen LogP contribution in [0.1, 0.15) is 36.0 Å². The molecule has 4 heteroatoms. The van der Waals surface area contributed by atoms with E-state index in [1.807, 2.05) is 0 Å². The highest BCUT2D eigenvalue weighted by Gasteiger charge is 2.24. The zero-order valence-corrected chi connectivity index (χ0v) is 9.67. The van der Waals surface area contributed by atoms with Crippen molar-refractivity contribution < 1.29 is 0 Å². The summed E-state index contributed by atoms with van der Waals surface area (Å²) >= 11 is 2.05. The maximum absolute atomic E-state index is 5.95. The Balaban J connectivity index is 1.85. The van der Waals surface area contributed by atoms with Crippen LogP contribution in [0.3, 0.4) is 0 Å². The fourth-order valence-electron chi connectivity index (χ4n) is 2.44. The molecule has 1 fully saturated rings. The van der Waals surface area contributed by atoms with Crippen LogP contribution in [0.4, 0.5) is 0 Å². The van der Waals surface area contributed by atoms with Crippen LogP contribution in [0.25, 0.3) is 0 Å². The van der Waals surface area contributed by atoms with Crippen LogP contribution in [0.15, 0.2) is 6.20 Å². The quantitative estimate of drug-likeness (QED) is 0.788. The lowest BCUT2D eigenvalue weighted by molar-refractivity contribution is 0.463. The Bertz CT molecular complexity index is 355. The van der Waals surface area contributed by atoms with E-state index in [-0.39, 0.29) is 0 Å². The van der Waals surface area contributed by atoms with Gasteiger partial charge in [-0.2, -0.15) is 11.8 Å². The van der Waals surface area contributed by atoms with Crippen molar-refractivity contribution in [1.82, 2.24) is 9.55 Å². The van der Waals surface area contributed by atoms with E-state index in [1.54, 1.807) is 0 Å². The zero-order valence-electron chi connectivity index (χ0n) is 8.85. The van der Waals surface area contributed by atoms with Crippen molar-refractivity contribution in [3.63, 3.8) is 0 Å². The van der Waals surface area contributed by atoms with E-state index < -0.39 is 0 Å². The van der Waals surface area contributed by atoms with Gasteiger partial charge in [-0.1, -0.05) is 0 Å². The predicted octanol–water partition coefficient (Wildman–Crippen LogP) is 1.72. The standard InChI is InChI=1S/C11H17N3S/c12-8-3-4-14-7-9(13-11(14)6-8)10-2-1-5-15-10/h7-8,10H,1-6,12H2. The molecule has 0 aliphatic carbocycles. The van der Waals surface area contributed by atoms with Gasteiger partial charge in [-0.15, -0.1) is 0 Å². The first-order valence-electron chi connectivity index (χ1n) is 5.76. The number of aryl methyl sites for hydroxylation is 1. The van der Waals surface area contributed by atoms with Gasteiger partial charge in [0.15, 0.2) is 0 Å². The van der Waals surface area contributed by atoms with E-state index in [9.17, 15) is 0 Å². The van der Waals surface area contributed by atoms with Crippen molar-refractivity contribution in [1.29, 1.82) is 0 Å². The molecule has 3 nitrogen and oxygen atoms in total. The topological polar surface area (TPSA) is 43.8 Å². The summed E-state index contributed by atoms with van der Waals surface area (Å²) in [5, 5.41) is 0.652. The molecule has 2 unspecified atom stereocenters. The largest absolute Gasteiger partial charge is 0.334 e. The first-order chi connectivity index (χ1) is 7.33. The van der Waals surface area contributed by atoms with E-state index >= 15 is 0 Å². The van der Waals surface area contributed by atoms with Crippen molar-refractivity contribution in [2.24, 2.45) is 5.73 Å². The Hall–Kier alpha value is -0.480. The number of thioether (sulfide) groups is 1. The Morgan fingerprint density at radius 3 is 3.20 bits per heavy atom. The molecule has 1 aromatic rings. The molecular formula is C11H17N3S. The van der Waals surface area contributed by atoms with Gasteiger partial charge in [0.1, 0.15) is 5.82 Å². The molecule has 82 valence electrons. The predicted molar refractivity (Wildman–Crippen MR) is 63.0 cm³/mol. The third-order valence-corrected chi connectivity index (χ3v) is 4.73. The van der Waals surface area contributed by atoms with E-state index in [2.05, 4.69) is 22.5 Å². The second kappa shape index (κ2) is 3.83. The third-order valence-electron chi connectivity index (χ3n) is 3.32. The molecule has 2 atom stereocenters. The number of aromatic nitrogens is 2. The minimum Gasteiger partial charge on any atom is -0.334 e. The van der Waals surface area contributed by atoms with Gasteiger partial charge in [0.05, 0.1) is 5.69 Å². The number of fused-ring (bicyclic) bond motifs is 1. The molecule has 15 heavy (non-hydrogen) atoms. The molecule has 2 aliphatic rings. The lowest BCUT2D eigenvalue weighted by atomic mass is 10.1. The molecule has 0 spiro atoms. The van der Waals surface area contributed by atoms with Crippen molar-refractivity contribution in [3.05, 3.63) is 17.7 Å². The number of hydrogen-bond donors (Lipinski definition) is 1. The van der Waals surface area contributed by atoms with Gasteiger partial charge in [-0.3, -0.25) is 0 Å². The van der Waals surface area contributed by atoms with Crippen molar-refractivity contribution in [3.8, 4) is 0 Å². The van der Waals surface area contributed by atoms with Crippen LogP contribution in [0, 0.1) is 0 Å². The highest BCUT2D eigenvalue weighted by Crippen LogP contribution is 2.39. The summed E-state index contributed by atoms with van der Waals surface area (Å²) in [6, 6.07) is 0.323. The first-order valence-corrected chi connectivity index (χ1v) is 6.81. The van der Waals surface area contributed by atoms with Crippen molar-refractivity contribution >= 4 is 11.8 Å². The SMILES string of the molecule is NC1CCn2cc(C3CCCS3)nc2C1. The van der Waals surface area contributed by atoms with Crippen LogP contribution < -0.4 is 5.73 Å². The van der Waals surface area contributed by atoms with Crippen LogP contribution >= 0.6 is 11.8 Å². The zero-order chi connectivity index (χ0) is 10.3. The molecule has 0 radical (unpaired) electrons. The van der Waals surface area contributed by atoms with Gasteiger partial charge in [-0.25, -0.2) is 4.98 Å². The average molecular weight is 223 g/mol. The molecule has 2 N–H and O–H groups in total. The fourth-order valence-corrected chi connectivity index (χ4v) is 3.68. The van der Waals surface area contributed by atoms with E-state index in [0.717, 1.165) is 19.4 Å². The summed E-state index contributed by atoms with van der Waals surface area (Å²) in [7, 11) is 0. The van der Waals surface area contributed by atoms with Gasteiger partial charge in [0.25, 0.3) is 0 Å². The molecule has 1 saturated heterocycles. The molecule has 3 rings (SSSR count). The fraction of sp³-hybridized carbons (Fsp3) is 0.727. The molecule has 0 aromatic carbocycles. The number of rotatable bonds is 1. The molecule has 3 heterocycles. The minimum atomic E-state index is 0.323. The maximum Gasteiger partial charge on any atom is 0.110 e. The number of imidazole rings is 1. The summed E-state index contributed by atoms with van der Waals surface area (Å²) in [6.07, 6.45) is 6.95. The van der Waals surface area contributed by atoms with Crippen molar-refractivity contribution in [2.75, 3.05) is 5.75 Å². The molecular weight excluding hydrogens is 206 g/mol. The van der Waals surface area contributed by atoms with Crippen LogP contribution in [0.2, 0.25) is 0 Å². The Labute approximate surface area is 94.4 Å². The average Bonchev–Trinajstić information content (AvgIpc) is 2.84. The molecule has 1 aromatic heterocycles. The van der Waals surface area contributed by atoms with Crippen LogP contribution in [0.5, 0.6) is 0 Å². The van der Waals surface area contributed by atoms with Crippen molar-refractivity contribution in [2.45, 2.75) is 43.5 Å². The summed E-state index contributed by atoms with van der Waals surface area (Å²) in [6.45, 7) is 1.06. The molecule has 0 bridgehead atoms. The molecule has 0 saturated carbocycles. The van der Waals surface area contributed by atoms with Gasteiger partial charge < -0.3 is 10.3 Å². The van der Waals surface area contributed by atoms with E-state index in [0.29, 0.717) is 11.3 Å². The van der Waals surface area contributed by atoms with Gasteiger partial charge in [0, 0.05) is 30.5 Å². The number of nitrogens with zero attached hydrogens (tertiary/aromatic N) is 2. The van der Waals surface area contributed by atoms with Crippen LogP contribution in [-0.4, -0.2) is 21.3 Å². The summed E-state index contributed by atoms with van der Waals surface area (Å²) in [4.78, 5) is 4.75. The lowest BCUT2D eigenvalue weighted by Gasteiger charge is -2.18. The normalized spacial score (nSPS) is 30.5. The number of hydrogen-bond acceptors (Lipinski definition) is 3. The second-order valence-corrected chi connectivity index (χ2v) is 5.84. The number of nitrogens with two attached hydrogens (primary N) is 1. The lowest BCUT2D eigenvalue weighted by Crippen LogP contribution is -2.30. The third kappa shape index (κ3) is 1.81. The van der Waals surface area contributed by atoms with Gasteiger partial charge in [-0.05, 0) is 25.0 Å². The molecule has 0 amide bonds. The van der Waals surface area contributed by atoms with E-state index in [4.69, 9.17) is 10.7 Å². The Morgan fingerprint density at radius 1 is 1.47 bits per heavy atom. The monoisotopic (exact) mass is 223 g/mol. The van der Waals surface area contributed by atoms with Gasteiger partial charge >= 0.3 is 0 Å². The highest BCUT2D eigenvalue weighted by atomic mass is 32.2. The maximum atomic E-state index is 5.95. The summed E-state index contributed by atoms with van der Waals surface area (Å²) < 4.78 is 2.30.